The lowest BCUT2D eigenvalue weighted by Crippen LogP contribution is -2.35. The molecular formula is C14H17ClFNO. The molecule has 0 bridgehead atoms. The fourth-order valence-electron chi connectivity index (χ4n) is 2.41. The van der Waals surface area contributed by atoms with Gasteiger partial charge in [0.15, 0.2) is 0 Å². The zero-order valence-corrected chi connectivity index (χ0v) is 11.4. The Morgan fingerprint density at radius 2 is 1.94 bits per heavy atom. The molecule has 0 saturated heterocycles. The number of carbonyl (C=O) groups excluding carboxylic acids is 1. The van der Waals surface area contributed by atoms with E-state index in [-0.39, 0.29) is 11.9 Å². The highest BCUT2D eigenvalue weighted by Crippen LogP contribution is 2.32. The van der Waals surface area contributed by atoms with E-state index < -0.39 is 0 Å². The number of carbonyl (C=O) groups is 1. The Bertz CT molecular complexity index is 465. The molecule has 0 aromatic heterocycles. The molecule has 2 rings (SSSR count). The van der Waals surface area contributed by atoms with Gasteiger partial charge in [-0.3, -0.25) is 4.79 Å². The third kappa shape index (κ3) is 2.66. The van der Waals surface area contributed by atoms with Gasteiger partial charge in [0, 0.05) is 25.9 Å². The summed E-state index contributed by atoms with van der Waals surface area (Å²) in [5, 5.41) is 0.563. The predicted octanol–water partition coefficient (Wildman–Crippen LogP) is 3.74. The van der Waals surface area contributed by atoms with Crippen LogP contribution in [0.15, 0.2) is 12.1 Å². The molecule has 2 nitrogen and oxygen atoms in total. The average molecular weight is 270 g/mol. The number of benzene rings is 1. The summed E-state index contributed by atoms with van der Waals surface area (Å²) < 4.78 is 13.6. The van der Waals surface area contributed by atoms with Crippen molar-refractivity contribution in [3.05, 3.63) is 28.5 Å². The number of rotatable bonds is 2. The standard InChI is InChI=1S/C14H17ClFNO/c1-9-7-12(15)14(8-13(9)16)17(2)10-3-5-11(18)6-4-10/h7-8,10H,3-6H2,1-2H3. The summed E-state index contributed by atoms with van der Waals surface area (Å²) in [6.45, 7) is 1.70. The van der Waals surface area contributed by atoms with Gasteiger partial charge in [-0.15, -0.1) is 0 Å². The first-order chi connectivity index (χ1) is 8.49. The second-order valence-electron chi connectivity index (χ2n) is 4.93. The fourth-order valence-corrected chi connectivity index (χ4v) is 2.77. The van der Waals surface area contributed by atoms with E-state index in [2.05, 4.69) is 0 Å². The van der Waals surface area contributed by atoms with Crippen LogP contribution in [-0.2, 0) is 4.79 Å². The van der Waals surface area contributed by atoms with E-state index in [0.29, 0.717) is 34.9 Å². The minimum Gasteiger partial charge on any atom is -0.370 e. The van der Waals surface area contributed by atoms with Gasteiger partial charge in [0.2, 0.25) is 0 Å². The average Bonchev–Trinajstić information content (AvgIpc) is 2.34. The summed E-state index contributed by atoms with van der Waals surface area (Å²) in [5.41, 5.74) is 1.26. The third-order valence-electron chi connectivity index (χ3n) is 3.67. The number of halogens is 2. The van der Waals surface area contributed by atoms with Crippen LogP contribution in [0.4, 0.5) is 10.1 Å². The van der Waals surface area contributed by atoms with Crippen LogP contribution in [0.25, 0.3) is 0 Å². The molecular weight excluding hydrogens is 253 g/mol. The molecule has 98 valence electrons. The first-order valence-electron chi connectivity index (χ1n) is 6.19. The lowest BCUT2D eigenvalue weighted by Gasteiger charge is -2.33. The highest BCUT2D eigenvalue weighted by atomic mass is 35.5. The van der Waals surface area contributed by atoms with Crippen molar-refractivity contribution in [2.24, 2.45) is 0 Å². The normalized spacial score (nSPS) is 17.0. The minimum absolute atomic E-state index is 0.242. The highest BCUT2D eigenvalue weighted by molar-refractivity contribution is 6.33. The molecule has 1 aromatic rings. The van der Waals surface area contributed by atoms with Crippen LogP contribution < -0.4 is 4.90 Å². The summed E-state index contributed by atoms with van der Waals surface area (Å²) in [4.78, 5) is 13.2. The topological polar surface area (TPSA) is 20.3 Å². The molecule has 1 fully saturated rings. The summed E-state index contributed by atoms with van der Waals surface area (Å²) in [6.07, 6.45) is 2.87. The van der Waals surface area contributed by atoms with Crippen molar-refractivity contribution in [2.45, 2.75) is 38.6 Å². The van der Waals surface area contributed by atoms with Gasteiger partial charge in [0.1, 0.15) is 11.6 Å². The van der Waals surface area contributed by atoms with E-state index >= 15 is 0 Å². The molecule has 0 aliphatic heterocycles. The van der Waals surface area contributed by atoms with Gasteiger partial charge < -0.3 is 4.90 Å². The molecule has 1 aliphatic rings. The summed E-state index contributed by atoms with van der Waals surface area (Å²) in [5.74, 6) is 0.0777. The number of hydrogen-bond donors (Lipinski definition) is 0. The van der Waals surface area contributed by atoms with Crippen LogP contribution >= 0.6 is 11.6 Å². The van der Waals surface area contributed by atoms with E-state index in [1.54, 1.807) is 13.0 Å². The van der Waals surface area contributed by atoms with Gasteiger partial charge in [-0.2, -0.15) is 0 Å². The molecule has 18 heavy (non-hydrogen) atoms. The third-order valence-corrected chi connectivity index (χ3v) is 3.97. The maximum absolute atomic E-state index is 13.6. The maximum atomic E-state index is 13.6. The number of hydrogen-bond acceptors (Lipinski definition) is 2. The molecule has 4 heteroatoms. The monoisotopic (exact) mass is 269 g/mol. The van der Waals surface area contributed by atoms with Gasteiger partial charge in [0.05, 0.1) is 10.7 Å². The zero-order valence-electron chi connectivity index (χ0n) is 10.7. The smallest absolute Gasteiger partial charge is 0.133 e. The molecule has 1 aromatic carbocycles. The number of aryl methyl sites for hydroxylation is 1. The van der Waals surface area contributed by atoms with Crippen LogP contribution in [0.1, 0.15) is 31.2 Å². The van der Waals surface area contributed by atoms with Gasteiger partial charge in [-0.25, -0.2) is 4.39 Å². The van der Waals surface area contributed by atoms with Crippen molar-refractivity contribution in [3.8, 4) is 0 Å². The molecule has 1 aliphatic carbocycles. The second kappa shape index (κ2) is 5.27. The Kier molecular flexibility index (Phi) is 3.91. The second-order valence-corrected chi connectivity index (χ2v) is 5.34. The van der Waals surface area contributed by atoms with Crippen LogP contribution in [0.5, 0.6) is 0 Å². The fraction of sp³-hybridized carbons (Fsp3) is 0.500. The molecule has 0 unspecified atom stereocenters. The Labute approximate surface area is 112 Å². The van der Waals surface area contributed by atoms with Crippen molar-refractivity contribution in [1.82, 2.24) is 0 Å². The molecule has 1 saturated carbocycles. The maximum Gasteiger partial charge on any atom is 0.133 e. The highest BCUT2D eigenvalue weighted by Gasteiger charge is 2.24. The van der Waals surface area contributed by atoms with Gasteiger partial charge in [-0.05, 0) is 37.5 Å². The Balaban J connectivity index is 2.20. The number of anilines is 1. The lowest BCUT2D eigenvalue weighted by atomic mass is 9.93. The van der Waals surface area contributed by atoms with E-state index in [4.69, 9.17) is 11.6 Å². The first-order valence-corrected chi connectivity index (χ1v) is 6.57. The molecule has 0 heterocycles. The van der Waals surface area contributed by atoms with E-state index in [1.807, 2.05) is 11.9 Å². The van der Waals surface area contributed by atoms with E-state index in [1.165, 1.54) is 6.07 Å². The van der Waals surface area contributed by atoms with Crippen molar-refractivity contribution in [1.29, 1.82) is 0 Å². The van der Waals surface area contributed by atoms with E-state index in [9.17, 15) is 9.18 Å². The zero-order chi connectivity index (χ0) is 13.3. The van der Waals surface area contributed by atoms with Crippen LogP contribution in [-0.4, -0.2) is 18.9 Å². The summed E-state index contributed by atoms with van der Waals surface area (Å²) in [7, 11) is 1.91. The molecule has 0 amide bonds. The van der Waals surface area contributed by atoms with Gasteiger partial charge >= 0.3 is 0 Å². The molecule has 0 radical (unpaired) electrons. The Morgan fingerprint density at radius 1 is 1.33 bits per heavy atom. The summed E-state index contributed by atoms with van der Waals surface area (Å²) >= 11 is 6.17. The van der Waals surface area contributed by atoms with Crippen LogP contribution in [0.3, 0.4) is 0 Å². The summed E-state index contributed by atoms with van der Waals surface area (Å²) in [6, 6.07) is 3.40. The van der Waals surface area contributed by atoms with Crippen LogP contribution in [0, 0.1) is 12.7 Å². The quantitative estimate of drug-likeness (QED) is 0.815. The first kappa shape index (κ1) is 13.3. The number of ketones is 1. The Morgan fingerprint density at radius 3 is 2.56 bits per heavy atom. The Hall–Kier alpha value is -1.09. The van der Waals surface area contributed by atoms with Crippen molar-refractivity contribution in [2.75, 3.05) is 11.9 Å². The van der Waals surface area contributed by atoms with Crippen molar-refractivity contribution >= 4 is 23.1 Å². The van der Waals surface area contributed by atoms with Crippen molar-refractivity contribution in [3.63, 3.8) is 0 Å². The van der Waals surface area contributed by atoms with Crippen molar-refractivity contribution < 1.29 is 9.18 Å². The lowest BCUT2D eigenvalue weighted by molar-refractivity contribution is -0.120. The number of Topliss-reactive ketones (excluding diaryl/α,β-unsaturated/α-hetero) is 1. The minimum atomic E-state index is -0.242. The van der Waals surface area contributed by atoms with Gasteiger partial charge in [0.25, 0.3) is 0 Å². The van der Waals surface area contributed by atoms with E-state index in [0.717, 1.165) is 12.8 Å². The largest absolute Gasteiger partial charge is 0.370 e. The predicted molar refractivity (Wildman–Crippen MR) is 71.8 cm³/mol. The number of nitrogens with zero attached hydrogens (tertiary/aromatic N) is 1. The molecule has 0 atom stereocenters. The van der Waals surface area contributed by atoms with Crippen LogP contribution in [0.2, 0.25) is 5.02 Å². The SMILES string of the molecule is Cc1cc(Cl)c(N(C)C2CCC(=O)CC2)cc1F. The molecule has 0 N–H and O–H groups in total. The van der Waals surface area contributed by atoms with Gasteiger partial charge in [-0.1, -0.05) is 11.6 Å². The molecule has 0 spiro atoms.